The van der Waals surface area contributed by atoms with Gasteiger partial charge in [-0.3, -0.25) is 5.10 Å². The van der Waals surface area contributed by atoms with Crippen LogP contribution in [-0.4, -0.2) is 30.4 Å². The van der Waals surface area contributed by atoms with E-state index < -0.39 is 0 Å². The molecule has 2 aromatic rings. The summed E-state index contributed by atoms with van der Waals surface area (Å²) in [5.74, 6) is 0.821. The number of aromatic amines is 1. The largest absolute Gasteiger partial charge is 0.497 e. The summed E-state index contributed by atoms with van der Waals surface area (Å²) in [7, 11) is 1.65. The Morgan fingerprint density at radius 3 is 3.12 bits per heavy atom. The van der Waals surface area contributed by atoms with E-state index in [0.29, 0.717) is 6.54 Å². The van der Waals surface area contributed by atoms with Gasteiger partial charge in [0.1, 0.15) is 5.75 Å². The standard InChI is InChI=1S/C12H16N4O/c1-17-10-4-2-3-9(7-10)12-11(8-15-16-12)14-6-5-13/h2-4,7-8,14H,5-6,13H2,1H3,(H,15,16). The van der Waals surface area contributed by atoms with Crippen LogP contribution in [0.5, 0.6) is 5.75 Å². The number of anilines is 1. The van der Waals surface area contributed by atoms with Gasteiger partial charge in [-0.2, -0.15) is 5.10 Å². The highest BCUT2D eigenvalue weighted by molar-refractivity contribution is 5.74. The molecule has 1 aromatic heterocycles. The number of rotatable bonds is 5. The molecular formula is C12H16N4O. The zero-order valence-electron chi connectivity index (χ0n) is 9.73. The molecule has 5 heteroatoms. The van der Waals surface area contributed by atoms with Gasteiger partial charge < -0.3 is 15.8 Å². The number of ether oxygens (including phenoxy) is 1. The topological polar surface area (TPSA) is 76.0 Å². The van der Waals surface area contributed by atoms with E-state index in [1.807, 2.05) is 24.3 Å². The monoisotopic (exact) mass is 232 g/mol. The highest BCUT2D eigenvalue weighted by atomic mass is 16.5. The molecule has 0 saturated heterocycles. The molecule has 0 fully saturated rings. The Hall–Kier alpha value is -2.01. The molecule has 0 bridgehead atoms. The highest BCUT2D eigenvalue weighted by Gasteiger charge is 2.07. The van der Waals surface area contributed by atoms with Gasteiger partial charge in [-0.05, 0) is 12.1 Å². The summed E-state index contributed by atoms with van der Waals surface area (Å²) in [6.07, 6.45) is 1.75. The molecular weight excluding hydrogens is 216 g/mol. The maximum atomic E-state index is 5.47. The first kappa shape index (κ1) is 11.5. The lowest BCUT2D eigenvalue weighted by atomic mass is 10.1. The normalized spacial score (nSPS) is 10.2. The number of benzene rings is 1. The van der Waals surface area contributed by atoms with Crippen LogP contribution >= 0.6 is 0 Å². The second-order valence-corrected chi connectivity index (χ2v) is 3.61. The Morgan fingerprint density at radius 2 is 2.35 bits per heavy atom. The molecule has 1 aromatic carbocycles. The van der Waals surface area contributed by atoms with Gasteiger partial charge in [0.15, 0.2) is 0 Å². The fourth-order valence-electron chi connectivity index (χ4n) is 1.63. The Morgan fingerprint density at radius 1 is 1.47 bits per heavy atom. The third-order valence-corrected chi connectivity index (χ3v) is 2.46. The lowest BCUT2D eigenvalue weighted by Crippen LogP contribution is -2.13. The first-order valence-corrected chi connectivity index (χ1v) is 5.47. The van der Waals surface area contributed by atoms with E-state index >= 15 is 0 Å². The number of H-pyrrole nitrogens is 1. The van der Waals surface area contributed by atoms with Gasteiger partial charge in [0.05, 0.1) is 24.7 Å². The summed E-state index contributed by atoms with van der Waals surface area (Å²) in [6, 6.07) is 7.82. The number of nitrogens with two attached hydrogens (primary N) is 1. The second kappa shape index (κ2) is 5.36. The molecule has 0 unspecified atom stereocenters. The molecule has 0 aliphatic heterocycles. The van der Waals surface area contributed by atoms with Crippen molar-refractivity contribution in [2.75, 3.05) is 25.5 Å². The van der Waals surface area contributed by atoms with Gasteiger partial charge in [-0.15, -0.1) is 0 Å². The van der Waals surface area contributed by atoms with Crippen LogP contribution in [0.1, 0.15) is 0 Å². The fourth-order valence-corrected chi connectivity index (χ4v) is 1.63. The van der Waals surface area contributed by atoms with E-state index in [-0.39, 0.29) is 0 Å². The first-order chi connectivity index (χ1) is 8.35. The van der Waals surface area contributed by atoms with Crippen LogP contribution in [0.15, 0.2) is 30.5 Å². The smallest absolute Gasteiger partial charge is 0.119 e. The van der Waals surface area contributed by atoms with Crippen molar-refractivity contribution in [3.63, 3.8) is 0 Å². The zero-order chi connectivity index (χ0) is 12.1. The number of nitrogens with zero attached hydrogens (tertiary/aromatic N) is 1. The van der Waals surface area contributed by atoms with E-state index in [1.54, 1.807) is 13.3 Å². The van der Waals surface area contributed by atoms with Crippen molar-refractivity contribution in [2.45, 2.75) is 0 Å². The Bertz CT molecular complexity index is 481. The van der Waals surface area contributed by atoms with Crippen molar-refractivity contribution >= 4 is 5.69 Å². The third-order valence-electron chi connectivity index (χ3n) is 2.46. The molecule has 17 heavy (non-hydrogen) atoms. The van der Waals surface area contributed by atoms with E-state index in [9.17, 15) is 0 Å². The number of aromatic nitrogens is 2. The zero-order valence-corrected chi connectivity index (χ0v) is 9.73. The highest BCUT2D eigenvalue weighted by Crippen LogP contribution is 2.27. The first-order valence-electron chi connectivity index (χ1n) is 5.47. The average Bonchev–Trinajstić information content (AvgIpc) is 2.84. The lowest BCUT2D eigenvalue weighted by Gasteiger charge is -2.06. The number of nitrogens with one attached hydrogen (secondary N) is 2. The Balaban J connectivity index is 2.28. The van der Waals surface area contributed by atoms with Gasteiger partial charge in [-0.25, -0.2) is 0 Å². The van der Waals surface area contributed by atoms with Gasteiger partial charge in [0.2, 0.25) is 0 Å². The number of methoxy groups -OCH3 is 1. The van der Waals surface area contributed by atoms with Crippen LogP contribution in [0.25, 0.3) is 11.3 Å². The molecule has 1 heterocycles. The van der Waals surface area contributed by atoms with Crippen LogP contribution in [-0.2, 0) is 0 Å². The molecule has 90 valence electrons. The maximum absolute atomic E-state index is 5.47. The summed E-state index contributed by atoms with van der Waals surface area (Å²) < 4.78 is 5.20. The summed E-state index contributed by atoms with van der Waals surface area (Å²) in [4.78, 5) is 0. The molecule has 4 N–H and O–H groups in total. The van der Waals surface area contributed by atoms with Crippen LogP contribution in [0.3, 0.4) is 0 Å². The molecule has 0 atom stereocenters. The van der Waals surface area contributed by atoms with Gasteiger partial charge in [0, 0.05) is 18.7 Å². The minimum atomic E-state index is 0.586. The van der Waals surface area contributed by atoms with E-state index in [2.05, 4.69) is 15.5 Å². The fraction of sp³-hybridized carbons (Fsp3) is 0.250. The van der Waals surface area contributed by atoms with Gasteiger partial charge >= 0.3 is 0 Å². The van der Waals surface area contributed by atoms with Crippen molar-refractivity contribution in [2.24, 2.45) is 5.73 Å². The summed E-state index contributed by atoms with van der Waals surface area (Å²) in [5, 5.41) is 10.2. The summed E-state index contributed by atoms with van der Waals surface area (Å²) in [6.45, 7) is 1.30. The Labute approximate surface area is 100.0 Å². The van der Waals surface area contributed by atoms with Gasteiger partial charge in [-0.1, -0.05) is 12.1 Å². The van der Waals surface area contributed by atoms with Crippen molar-refractivity contribution in [1.29, 1.82) is 0 Å². The van der Waals surface area contributed by atoms with Crippen molar-refractivity contribution < 1.29 is 4.74 Å². The minimum absolute atomic E-state index is 0.586. The predicted octanol–water partition coefficient (Wildman–Crippen LogP) is 1.46. The van der Waals surface area contributed by atoms with E-state index in [0.717, 1.165) is 29.2 Å². The van der Waals surface area contributed by atoms with E-state index in [4.69, 9.17) is 10.5 Å². The molecule has 0 aliphatic carbocycles. The number of hydrogen-bond acceptors (Lipinski definition) is 4. The molecule has 0 spiro atoms. The summed E-state index contributed by atoms with van der Waals surface area (Å²) >= 11 is 0. The SMILES string of the molecule is COc1cccc(-c2[nH]ncc2NCCN)c1. The maximum Gasteiger partial charge on any atom is 0.119 e. The van der Waals surface area contributed by atoms with Crippen molar-refractivity contribution in [3.8, 4) is 17.0 Å². The Kier molecular flexibility index (Phi) is 3.62. The minimum Gasteiger partial charge on any atom is -0.497 e. The van der Waals surface area contributed by atoms with Crippen LogP contribution in [0.4, 0.5) is 5.69 Å². The lowest BCUT2D eigenvalue weighted by molar-refractivity contribution is 0.415. The molecule has 0 amide bonds. The van der Waals surface area contributed by atoms with Crippen LogP contribution < -0.4 is 15.8 Å². The van der Waals surface area contributed by atoms with Crippen molar-refractivity contribution in [1.82, 2.24) is 10.2 Å². The molecule has 0 radical (unpaired) electrons. The van der Waals surface area contributed by atoms with E-state index in [1.165, 1.54) is 0 Å². The second-order valence-electron chi connectivity index (χ2n) is 3.61. The van der Waals surface area contributed by atoms with Gasteiger partial charge in [0.25, 0.3) is 0 Å². The predicted molar refractivity (Wildman–Crippen MR) is 68.1 cm³/mol. The molecule has 5 nitrogen and oxygen atoms in total. The molecule has 2 rings (SSSR count). The quantitative estimate of drug-likeness (QED) is 0.729. The average molecular weight is 232 g/mol. The number of hydrogen-bond donors (Lipinski definition) is 3. The molecule has 0 aliphatic rings. The van der Waals surface area contributed by atoms with Crippen LogP contribution in [0, 0.1) is 0 Å². The van der Waals surface area contributed by atoms with Crippen LogP contribution in [0.2, 0.25) is 0 Å². The summed E-state index contributed by atoms with van der Waals surface area (Å²) in [5.41, 5.74) is 8.39. The third kappa shape index (κ3) is 2.57. The molecule has 0 saturated carbocycles. The van der Waals surface area contributed by atoms with Crippen molar-refractivity contribution in [3.05, 3.63) is 30.5 Å².